The number of carbonyl (C=O) groups is 2. The molecule has 0 aliphatic rings. The van der Waals surface area contributed by atoms with E-state index in [1.807, 2.05) is 18.2 Å². The van der Waals surface area contributed by atoms with E-state index >= 15 is 0 Å². The van der Waals surface area contributed by atoms with Crippen LogP contribution in [0, 0.1) is 0 Å². The van der Waals surface area contributed by atoms with Crippen LogP contribution in [0.1, 0.15) is 26.3 Å². The summed E-state index contributed by atoms with van der Waals surface area (Å²) in [5.41, 5.74) is 1.53. The van der Waals surface area contributed by atoms with Crippen molar-refractivity contribution in [3.8, 4) is 5.75 Å². The van der Waals surface area contributed by atoms with Gasteiger partial charge in [-0.05, 0) is 36.4 Å². The maximum Gasteiger partial charge on any atom is 0.345 e. The Hall–Kier alpha value is -3.27. The van der Waals surface area contributed by atoms with Gasteiger partial charge in [0, 0.05) is 23.5 Å². The van der Waals surface area contributed by atoms with Gasteiger partial charge in [0.2, 0.25) is 0 Å². The highest BCUT2D eigenvalue weighted by atomic mass is 16.5. The number of esters is 1. The van der Waals surface area contributed by atoms with Crippen LogP contribution in [0.3, 0.4) is 0 Å². The average Bonchev–Trinajstić information content (AvgIpc) is 2.63. The molecule has 0 N–H and O–H groups in total. The van der Waals surface area contributed by atoms with Gasteiger partial charge in [-0.25, -0.2) is 4.79 Å². The summed E-state index contributed by atoms with van der Waals surface area (Å²) in [5.74, 6) is -0.181. The van der Waals surface area contributed by atoms with Crippen molar-refractivity contribution in [3.05, 3.63) is 95.8 Å². The minimum Gasteiger partial charge on any atom is -0.423 e. The predicted octanol–water partition coefficient (Wildman–Crippen LogP) is 3.53. The smallest absolute Gasteiger partial charge is 0.345 e. The maximum atomic E-state index is 12.3. The lowest BCUT2D eigenvalue weighted by Gasteiger charge is -2.05. The molecule has 4 heteroatoms. The van der Waals surface area contributed by atoms with Crippen molar-refractivity contribution in [1.82, 2.24) is 4.98 Å². The highest BCUT2D eigenvalue weighted by molar-refractivity contribution is 6.09. The molecule has 0 radical (unpaired) electrons. The molecule has 0 bridgehead atoms. The number of aromatic nitrogens is 1. The molecule has 0 aliphatic carbocycles. The molecule has 3 rings (SSSR count). The van der Waals surface area contributed by atoms with Gasteiger partial charge in [-0.1, -0.05) is 30.3 Å². The number of ketones is 1. The first kappa shape index (κ1) is 14.7. The average molecular weight is 303 g/mol. The Balaban J connectivity index is 1.73. The molecule has 0 spiro atoms. The minimum absolute atomic E-state index is 0.0734. The number of rotatable bonds is 4. The summed E-state index contributed by atoms with van der Waals surface area (Å²) in [5, 5.41) is 0. The van der Waals surface area contributed by atoms with E-state index in [1.165, 1.54) is 6.20 Å². The van der Waals surface area contributed by atoms with Gasteiger partial charge in [0.05, 0.1) is 5.56 Å². The number of hydrogen-bond donors (Lipinski definition) is 0. The molecule has 2 aromatic carbocycles. The summed E-state index contributed by atoms with van der Waals surface area (Å²) in [6.07, 6.45) is 3.02. The first-order valence-corrected chi connectivity index (χ1v) is 7.06. The van der Waals surface area contributed by atoms with E-state index in [1.54, 1.807) is 54.7 Å². The van der Waals surface area contributed by atoms with Crippen molar-refractivity contribution >= 4 is 11.8 Å². The number of hydrogen-bond acceptors (Lipinski definition) is 4. The highest BCUT2D eigenvalue weighted by Gasteiger charge is 2.11. The normalized spacial score (nSPS) is 10.1. The second kappa shape index (κ2) is 6.66. The van der Waals surface area contributed by atoms with Crippen molar-refractivity contribution in [1.29, 1.82) is 0 Å². The summed E-state index contributed by atoms with van der Waals surface area (Å²) >= 11 is 0. The van der Waals surface area contributed by atoms with Gasteiger partial charge >= 0.3 is 5.97 Å². The lowest BCUT2D eigenvalue weighted by atomic mass is 10.0. The summed E-state index contributed by atoms with van der Waals surface area (Å²) in [4.78, 5) is 28.1. The second-order valence-electron chi connectivity index (χ2n) is 4.85. The molecule has 0 atom stereocenters. The van der Waals surface area contributed by atoms with Gasteiger partial charge in [-0.3, -0.25) is 9.78 Å². The highest BCUT2D eigenvalue weighted by Crippen LogP contribution is 2.16. The molecule has 0 amide bonds. The fraction of sp³-hybridized carbons (Fsp3) is 0. The zero-order chi connectivity index (χ0) is 16.1. The van der Waals surface area contributed by atoms with Crippen molar-refractivity contribution in [2.45, 2.75) is 0 Å². The van der Waals surface area contributed by atoms with Gasteiger partial charge in [0.25, 0.3) is 0 Å². The monoisotopic (exact) mass is 303 g/mol. The maximum absolute atomic E-state index is 12.3. The Labute approximate surface area is 133 Å². The lowest BCUT2D eigenvalue weighted by Crippen LogP contribution is -2.09. The molecule has 1 aromatic heterocycles. The molecule has 0 fully saturated rings. The largest absolute Gasteiger partial charge is 0.423 e. The van der Waals surface area contributed by atoms with E-state index in [4.69, 9.17) is 4.74 Å². The van der Waals surface area contributed by atoms with Crippen LogP contribution in [0.25, 0.3) is 0 Å². The van der Waals surface area contributed by atoms with Gasteiger partial charge < -0.3 is 4.74 Å². The van der Waals surface area contributed by atoms with E-state index in [9.17, 15) is 9.59 Å². The second-order valence-corrected chi connectivity index (χ2v) is 4.85. The standard InChI is InChI=1S/C19H13NO3/c21-18(14-5-2-1-3-6-14)15-8-10-17(11-9-15)23-19(22)16-7-4-12-20-13-16/h1-13H. The van der Waals surface area contributed by atoms with Crippen LogP contribution in [-0.4, -0.2) is 16.7 Å². The summed E-state index contributed by atoms with van der Waals surface area (Å²) in [6.45, 7) is 0. The van der Waals surface area contributed by atoms with Gasteiger partial charge in [-0.2, -0.15) is 0 Å². The number of carbonyl (C=O) groups excluding carboxylic acids is 2. The van der Waals surface area contributed by atoms with Gasteiger partial charge in [0.1, 0.15) is 5.75 Å². The van der Waals surface area contributed by atoms with E-state index in [-0.39, 0.29) is 5.78 Å². The zero-order valence-electron chi connectivity index (χ0n) is 12.2. The fourth-order valence-corrected chi connectivity index (χ4v) is 2.08. The molecule has 1 heterocycles. The zero-order valence-corrected chi connectivity index (χ0v) is 12.2. The third kappa shape index (κ3) is 3.49. The Morgan fingerprint density at radius 1 is 0.739 bits per heavy atom. The molecule has 0 saturated heterocycles. The van der Waals surface area contributed by atoms with Crippen molar-refractivity contribution in [3.63, 3.8) is 0 Å². The molecule has 3 aromatic rings. The van der Waals surface area contributed by atoms with E-state index in [2.05, 4.69) is 4.98 Å². The SMILES string of the molecule is O=C(Oc1ccc(C(=O)c2ccccc2)cc1)c1cccnc1. The number of benzene rings is 2. The number of pyridine rings is 1. The predicted molar refractivity (Wildman–Crippen MR) is 85.5 cm³/mol. The molecule has 4 nitrogen and oxygen atoms in total. The van der Waals surface area contributed by atoms with E-state index < -0.39 is 5.97 Å². The first-order chi connectivity index (χ1) is 11.2. The number of ether oxygens (including phenoxy) is 1. The van der Waals surface area contributed by atoms with Crippen LogP contribution in [0.4, 0.5) is 0 Å². The molecule has 0 saturated carbocycles. The first-order valence-electron chi connectivity index (χ1n) is 7.06. The van der Waals surface area contributed by atoms with Crippen molar-refractivity contribution < 1.29 is 14.3 Å². The van der Waals surface area contributed by atoms with Crippen LogP contribution in [0.2, 0.25) is 0 Å². The lowest BCUT2D eigenvalue weighted by molar-refractivity contribution is 0.0734. The summed E-state index contributed by atoms with van der Waals surface area (Å²) < 4.78 is 5.25. The quantitative estimate of drug-likeness (QED) is 0.420. The van der Waals surface area contributed by atoms with Crippen LogP contribution in [0.15, 0.2) is 79.1 Å². The van der Waals surface area contributed by atoms with Gasteiger partial charge in [-0.15, -0.1) is 0 Å². The molecular weight excluding hydrogens is 290 g/mol. The molecule has 23 heavy (non-hydrogen) atoms. The fourth-order valence-electron chi connectivity index (χ4n) is 2.08. The van der Waals surface area contributed by atoms with Gasteiger partial charge in [0.15, 0.2) is 5.78 Å². The third-order valence-corrected chi connectivity index (χ3v) is 3.26. The number of nitrogens with zero attached hydrogens (tertiary/aromatic N) is 1. The topological polar surface area (TPSA) is 56.3 Å². The van der Waals surface area contributed by atoms with Crippen LogP contribution in [-0.2, 0) is 0 Å². The molecular formula is C19H13NO3. The summed E-state index contributed by atoms with van der Waals surface area (Å²) in [7, 11) is 0. The van der Waals surface area contributed by atoms with E-state index in [0.29, 0.717) is 22.4 Å². The molecule has 0 aliphatic heterocycles. The Morgan fingerprint density at radius 3 is 2.04 bits per heavy atom. The van der Waals surface area contributed by atoms with Crippen LogP contribution < -0.4 is 4.74 Å². The Bertz CT molecular complexity index is 812. The Morgan fingerprint density at radius 2 is 1.39 bits per heavy atom. The van der Waals surface area contributed by atoms with Crippen LogP contribution in [0.5, 0.6) is 5.75 Å². The van der Waals surface area contributed by atoms with Crippen molar-refractivity contribution in [2.24, 2.45) is 0 Å². The van der Waals surface area contributed by atoms with E-state index in [0.717, 1.165) is 0 Å². The third-order valence-electron chi connectivity index (χ3n) is 3.26. The van der Waals surface area contributed by atoms with Crippen LogP contribution >= 0.6 is 0 Å². The summed E-state index contributed by atoms with van der Waals surface area (Å²) in [6, 6.07) is 18.8. The Kier molecular flexibility index (Phi) is 4.25. The van der Waals surface area contributed by atoms with Crippen molar-refractivity contribution in [2.75, 3.05) is 0 Å². The minimum atomic E-state index is -0.486. The molecule has 0 unspecified atom stereocenters. The molecule has 112 valence electrons.